The second-order valence-electron chi connectivity index (χ2n) is 3.86. The van der Waals surface area contributed by atoms with Crippen LogP contribution in [-0.2, 0) is 0 Å². The van der Waals surface area contributed by atoms with Crippen molar-refractivity contribution in [2.75, 3.05) is 11.1 Å². The van der Waals surface area contributed by atoms with Crippen LogP contribution in [0.25, 0.3) is 0 Å². The van der Waals surface area contributed by atoms with Gasteiger partial charge in [0.15, 0.2) is 0 Å². The van der Waals surface area contributed by atoms with Crippen molar-refractivity contribution in [1.82, 2.24) is 4.98 Å². The molecule has 1 heterocycles. The number of hydrogen-bond donors (Lipinski definition) is 2. The number of nitrogens with two attached hydrogens (primary N) is 1. The number of hydrogen-bond acceptors (Lipinski definition) is 3. The lowest BCUT2D eigenvalue weighted by Gasteiger charge is -2.16. The van der Waals surface area contributed by atoms with Crippen LogP contribution in [0.3, 0.4) is 0 Å². The minimum absolute atomic E-state index is 0.116. The number of aromatic nitrogens is 1. The van der Waals surface area contributed by atoms with Crippen LogP contribution in [-0.4, -0.2) is 4.98 Å². The molecule has 1 atom stereocenters. The molecule has 2 rings (SSSR count). The van der Waals surface area contributed by atoms with Crippen LogP contribution in [0.1, 0.15) is 18.5 Å². The second-order valence-corrected chi connectivity index (χ2v) is 4.26. The molecule has 2 aromatic rings. The maximum absolute atomic E-state index is 6.14. The molecule has 0 aliphatic rings. The zero-order valence-corrected chi connectivity index (χ0v) is 10.3. The first-order valence-corrected chi connectivity index (χ1v) is 5.77. The van der Waals surface area contributed by atoms with Gasteiger partial charge in [-0.15, -0.1) is 0 Å². The van der Waals surface area contributed by atoms with Crippen LogP contribution in [0, 0.1) is 0 Å². The van der Waals surface area contributed by atoms with Gasteiger partial charge in [0.25, 0.3) is 0 Å². The van der Waals surface area contributed by atoms with Gasteiger partial charge in [0, 0.05) is 29.0 Å². The maximum Gasteiger partial charge on any atom is 0.125 e. The number of nitrogen functional groups attached to an aromatic ring is 1. The Kier molecular flexibility index (Phi) is 3.49. The Morgan fingerprint density at radius 2 is 2.06 bits per heavy atom. The molecular weight excluding hydrogens is 234 g/mol. The number of rotatable bonds is 3. The third-order valence-electron chi connectivity index (χ3n) is 2.54. The number of anilines is 2. The van der Waals surface area contributed by atoms with Crippen molar-refractivity contribution in [2.45, 2.75) is 13.0 Å². The third-order valence-corrected chi connectivity index (χ3v) is 2.88. The summed E-state index contributed by atoms with van der Waals surface area (Å²) in [5.74, 6) is 0.501. The molecule has 0 fully saturated rings. The van der Waals surface area contributed by atoms with E-state index in [0.29, 0.717) is 5.82 Å². The molecule has 1 aromatic carbocycles. The molecule has 88 valence electrons. The van der Waals surface area contributed by atoms with E-state index < -0.39 is 0 Å². The van der Waals surface area contributed by atoms with Gasteiger partial charge in [0.05, 0.1) is 0 Å². The Labute approximate surface area is 106 Å². The summed E-state index contributed by atoms with van der Waals surface area (Å²) in [7, 11) is 0. The number of nitrogens with zero attached hydrogens (tertiary/aromatic N) is 1. The van der Waals surface area contributed by atoms with E-state index >= 15 is 0 Å². The lowest BCUT2D eigenvalue weighted by molar-refractivity contribution is 0.884. The lowest BCUT2D eigenvalue weighted by Crippen LogP contribution is -2.07. The summed E-state index contributed by atoms with van der Waals surface area (Å²) in [6.45, 7) is 2.05. The van der Waals surface area contributed by atoms with E-state index in [2.05, 4.69) is 17.2 Å². The van der Waals surface area contributed by atoms with Gasteiger partial charge in [-0.2, -0.15) is 0 Å². The number of pyridine rings is 1. The van der Waals surface area contributed by atoms with Crippen molar-refractivity contribution >= 4 is 23.1 Å². The molecule has 1 unspecified atom stereocenters. The molecule has 0 bridgehead atoms. The molecule has 3 N–H and O–H groups in total. The van der Waals surface area contributed by atoms with Gasteiger partial charge in [0.2, 0.25) is 0 Å². The lowest BCUT2D eigenvalue weighted by atomic mass is 10.1. The van der Waals surface area contributed by atoms with E-state index in [0.717, 1.165) is 16.3 Å². The van der Waals surface area contributed by atoms with E-state index in [4.69, 9.17) is 17.3 Å². The van der Waals surface area contributed by atoms with E-state index in [-0.39, 0.29) is 6.04 Å². The zero-order chi connectivity index (χ0) is 12.3. The molecule has 4 heteroatoms. The van der Waals surface area contributed by atoms with Crippen LogP contribution >= 0.6 is 11.6 Å². The smallest absolute Gasteiger partial charge is 0.125 e. The number of nitrogens with one attached hydrogen (secondary N) is 1. The normalized spacial score (nSPS) is 12.1. The molecule has 17 heavy (non-hydrogen) atoms. The summed E-state index contributed by atoms with van der Waals surface area (Å²) >= 11 is 6.14. The van der Waals surface area contributed by atoms with Crippen LogP contribution in [0.15, 0.2) is 42.6 Å². The Morgan fingerprint density at radius 1 is 1.29 bits per heavy atom. The topological polar surface area (TPSA) is 50.9 Å². The highest BCUT2D eigenvalue weighted by molar-refractivity contribution is 6.31. The summed E-state index contributed by atoms with van der Waals surface area (Å²) in [6.07, 6.45) is 1.68. The third kappa shape index (κ3) is 2.88. The van der Waals surface area contributed by atoms with E-state index in [9.17, 15) is 0 Å². The summed E-state index contributed by atoms with van der Waals surface area (Å²) in [5, 5.41) is 4.09. The monoisotopic (exact) mass is 247 g/mol. The molecule has 0 spiro atoms. The average Bonchev–Trinajstić information content (AvgIpc) is 2.29. The van der Waals surface area contributed by atoms with Crippen molar-refractivity contribution in [1.29, 1.82) is 0 Å². The van der Waals surface area contributed by atoms with E-state index in [1.54, 1.807) is 12.3 Å². The zero-order valence-electron chi connectivity index (χ0n) is 9.52. The summed E-state index contributed by atoms with van der Waals surface area (Å²) in [5.41, 5.74) is 7.62. The SMILES string of the molecule is CC(Nc1ccnc(N)c1)c1ccccc1Cl. The fourth-order valence-electron chi connectivity index (χ4n) is 1.69. The summed E-state index contributed by atoms with van der Waals surface area (Å²) < 4.78 is 0. The molecule has 0 aliphatic carbocycles. The predicted molar refractivity (Wildman–Crippen MR) is 72.1 cm³/mol. The van der Waals surface area contributed by atoms with Gasteiger partial charge in [-0.05, 0) is 24.6 Å². The maximum atomic E-state index is 6.14. The molecule has 0 saturated carbocycles. The Morgan fingerprint density at radius 3 is 2.76 bits per heavy atom. The standard InChI is InChI=1S/C13H14ClN3/c1-9(11-4-2-3-5-12(11)14)17-10-6-7-16-13(15)8-10/h2-9H,1H3,(H3,15,16,17). The Hall–Kier alpha value is -1.74. The van der Waals surface area contributed by atoms with Crippen LogP contribution in [0.4, 0.5) is 11.5 Å². The number of benzene rings is 1. The highest BCUT2D eigenvalue weighted by Crippen LogP contribution is 2.25. The van der Waals surface area contributed by atoms with Gasteiger partial charge in [-0.1, -0.05) is 29.8 Å². The molecule has 0 aliphatic heterocycles. The van der Waals surface area contributed by atoms with Crippen LogP contribution in [0.5, 0.6) is 0 Å². The van der Waals surface area contributed by atoms with Crippen molar-refractivity contribution in [3.8, 4) is 0 Å². The minimum Gasteiger partial charge on any atom is -0.384 e. The first-order valence-electron chi connectivity index (χ1n) is 5.39. The Balaban J connectivity index is 2.17. The Bertz CT molecular complexity index is 514. The van der Waals surface area contributed by atoms with Crippen molar-refractivity contribution < 1.29 is 0 Å². The first-order chi connectivity index (χ1) is 8.16. The fourth-order valence-corrected chi connectivity index (χ4v) is 1.99. The van der Waals surface area contributed by atoms with Crippen molar-refractivity contribution in [3.63, 3.8) is 0 Å². The summed E-state index contributed by atoms with van der Waals surface area (Å²) in [4.78, 5) is 3.95. The highest BCUT2D eigenvalue weighted by atomic mass is 35.5. The quantitative estimate of drug-likeness (QED) is 0.873. The molecule has 0 radical (unpaired) electrons. The van der Waals surface area contributed by atoms with Crippen molar-refractivity contribution in [3.05, 3.63) is 53.2 Å². The minimum atomic E-state index is 0.116. The molecule has 3 nitrogen and oxygen atoms in total. The largest absolute Gasteiger partial charge is 0.384 e. The average molecular weight is 248 g/mol. The van der Waals surface area contributed by atoms with E-state index in [1.165, 1.54) is 0 Å². The molecule has 1 aromatic heterocycles. The number of halogens is 1. The van der Waals surface area contributed by atoms with Gasteiger partial charge in [0.1, 0.15) is 5.82 Å². The second kappa shape index (κ2) is 5.06. The first kappa shape index (κ1) is 11.7. The molecule has 0 amide bonds. The molecular formula is C13H14ClN3. The fraction of sp³-hybridized carbons (Fsp3) is 0.154. The molecule has 0 saturated heterocycles. The van der Waals surface area contributed by atoms with Gasteiger partial charge >= 0.3 is 0 Å². The van der Waals surface area contributed by atoms with Gasteiger partial charge in [-0.25, -0.2) is 4.98 Å². The van der Waals surface area contributed by atoms with Crippen LogP contribution < -0.4 is 11.1 Å². The predicted octanol–water partition coefficient (Wildman–Crippen LogP) is 3.49. The van der Waals surface area contributed by atoms with E-state index in [1.807, 2.05) is 30.3 Å². The van der Waals surface area contributed by atoms with Gasteiger partial charge in [-0.3, -0.25) is 0 Å². The van der Waals surface area contributed by atoms with Gasteiger partial charge < -0.3 is 11.1 Å². The highest BCUT2D eigenvalue weighted by Gasteiger charge is 2.08. The summed E-state index contributed by atoms with van der Waals surface area (Å²) in [6, 6.07) is 11.6. The van der Waals surface area contributed by atoms with Crippen LogP contribution in [0.2, 0.25) is 5.02 Å². The van der Waals surface area contributed by atoms with Crippen molar-refractivity contribution in [2.24, 2.45) is 0 Å².